The van der Waals surface area contributed by atoms with Crippen molar-refractivity contribution >= 4 is 15.9 Å². The maximum absolute atomic E-state index is 13.5. The molecule has 184 valence electrons. The number of likely N-dealkylation sites (tertiary alicyclic amines) is 1. The minimum absolute atomic E-state index is 0.0686. The summed E-state index contributed by atoms with van der Waals surface area (Å²) in [6.07, 6.45) is 8.00. The lowest BCUT2D eigenvalue weighted by Crippen LogP contribution is -2.40. The molecule has 10 heteroatoms. The van der Waals surface area contributed by atoms with Crippen molar-refractivity contribution in [2.24, 2.45) is 0 Å². The molecule has 1 aromatic carbocycles. The van der Waals surface area contributed by atoms with Crippen LogP contribution in [0.2, 0.25) is 0 Å². The van der Waals surface area contributed by atoms with Crippen LogP contribution >= 0.6 is 0 Å². The lowest BCUT2D eigenvalue weighted by Gasteiger charge is -2.32. The normalized spacial score (nSPS) is 21.8. The molecule has 2 saturated heterocycles. The summed E-state index contributed by atoms with van der Waals surface area (Å²) < 4.78 is 35.6. The van der Waals surface area contributed by atoms with Crippen LogP contribution in [0.4, 0.5) is 0 Å². The first kappa shape index (κ1) is 23.3. The number of amides is 1. The van der Waals surface area contributed by atoms with Gasteiger partial charge in [-0.1, -0.05) is 6.42 Å². The third-order valence-corrected chi connectivity index (χ3v) is 9.23. The summed E-state index contributed by atoms with van der Waals surface area (Å²) in [6, 6.07) is 4.74. The predicted octanol–water partition coefficient (Wildman–Crippen LogP) is 2.82. The Balaban J connectivity index is 1.39. The molecule has 1 amide bonds. The topological polar surface area (TPSA) is 97.6 Å². The van der Waals surface area contributed by atoms with Gasteiger partial charge in [0.05, 0.1) is 7.11 Å². The highest BCUT2D eigenvalue weighted by molar-refractivity contribution is 7.89. The first-order valence-electron chi connectivity index (χ1n) is 12.4. The van der Waals surface area contributed by atoms with Gasteiger partial charge < -0.3 is 14.2 Å². The van der Waals surface area contributed by atoms with E-state index in [2.05, 4.69) is 14.8 Å². The molecular weight excluding hydrogens is 454 g/mol. The molecule has 0 N–H and O–H groups in total. The van der Waals surface area contributed by atoms with Gasteiger partial charge in [0.1, 0.15) is 22.3 Å². The van der Waals surface area contributed by atoms with E-state index in [9.17, 15) is 13.2 Å². The van der Waals surface area contributed by atoms with Gasteiger partial charge in [-0.2, -0.15) is 4.31 Å². The summed E-state index contributed by atoms with van der Waals surface area (Å²) in [5.41, 5.74) is 0.374. The monoisotopic (exact) mass is 487 g/mol. The van der Waals surface area contributed by atoms with Gasteiger partial charge in [0.15, 0.2) is 0 Å². The Kier molecular flexibility index (Phi) is 6.61. The van der Waals surface area contributed by atoms with E-state index in [0.29, 0.717) is 31.7 Å². The van der Waals surface area contributed by atoms with Crippen molar-refractivity contribution < 1.29 is 17.9 Å². The molecular formula is C24H33N5O4S. The van der Waals surface area contributed by atoms with Crippen LogP contribution in [0, 0.1) is 0 Å². The summed E-state index contributed by atoms with van der Waals surface area (Å²) in [6.45, 7) is 3.16. The molecule has 3 aliphatic heterocycles. The highest BCUT2D eigenvalue weighted by Gasteiger charge is 2.33. The zero-order valence-corrected chi connectivity index (χ0v) is 20.6. The number of piperidine rings is 1. The number of carbonyl (C=O) groups is 1. The lowest BCUT2D eigenvalue weighted by atomic mass is 9.96. The summed E-state index contributed by atoms with van der Waals surface area (Å²) in [4.78, 5) is 15.4. The second-order valence-corrected chi connectivity index (χ2v) is 11.4. The molecule has 5 rings (SSSR count). The highest BCUT2D eigenvalue weighted by Crippen LogP contribution is 2.32. The maximum Gasteiger partial charge on any atom is 0.253 e. The van der Waals surface area contributed by atoms with Gasteiger partial charge in [0.2, 0.25) is 10.0 Å². The van der Waals surface area contributed by atoms with E-state index in [0.717, 1.165) is 63.1 Å². The van der Waals surface area contributed by atoms with Gasteiger partial charge in [-0.25, -0.2) is 8.42 Å². The maximum atomic E-state index is 13.5. The van der Waals surface area contributed by atoms with Crippen LogP contribution in [0.1, 0.15) is 72.9 Å². The van der Waals surface area contributed by atoms with E-state index in [1.807, 2.05) is 4.90 Å². The molecule has 4 heterocycles. The van der Waals surface area contributed by atoms with Crippen molar-refractivity contribution in [3.63, 3.8) is 0 Å². The molecule has 0 spiro atoms. The van der Waals surface area contributed by atoms with Gasteiger partial charge in [-0.15, -0.1) is 10.2 Å². The number of rotatable bonds is 5. The van der Waals surface area contributed by atoms with E-state index in [1.165, 1.54) is 23.9 Å². The Morgan fingerprint density at radius 2 is 1.79 bits per heavy atom. The van der Waals surface area contributed by atoms with E-state index in [4.69, 9.17) is 4.74 Å². The van der Waals surface area contributed by atoms with Crippen molar-refractivity contribution in [2.75, 3.05) is 33.3 Å². The smallest absolute Gasteiger partial charge is 0.253 e. The lowest BCUT2D eigenvalue weighted by molar-refractivity contribution is 0.0702. The van der Waals surface area contributed by atoms with Gasteiger partial charge in [-0.3, -0.25) is 4.79 Å². The molecule has 3 aliphatic rings. The molecule has 0 radical (unpaired) electrons. The van der Waals surface area contributed by atoms with E-state index in [-0.39, 0.29) is 22.5 Å². The van der Waals surface area contributed by atoms with E-state index < -0.39 is 10.0 Å². The molecule has 0 saturated carbocycles. The number of aromatic nitrogens is 3. The fourth-order valence-corrected chi connectivity index (χ4v) is 7.14. The number of hydrogen-bond donors (Lipinski definition) is 0. The molecule has 0 unspecified atom stereocenters. The van der Waals surface area contributed by atoms with Crippen LogP contribution in [0.25, 0.3) is 0 Å². The molecule has 0 aliphatic carbocycles. The van der Waals surface area contributed by atoms with Crippen LogP contribution < -0.4 is 4.74 Å². The Bertz CT molecular complexity index is 1160. The Hall–Kier alpha value is -2.46. The fraction of sp³-hybridized carbons (Fsp3) is 0.625. The quantitative estimate of drug-likeness (QED) is 0.643. The van der Waals surface area contributed by atoms with E-state index >= 15 is 0 Å². The summed E-state index contributed by atoms with van der Waals surface area (Å²) in [5.74, 6) is 2.30. The van der Waals surface area contributed by atoms with Crippen molar-refractivity contribution in [3.05, 3.63) is 35.4 Å². The van der Waals surface area contributed by atoms with Crippen LogP contribution in [0.15, 0.2) is 23.1 Å². The minimum Gasteiger partial charge on any atom is -0.495 e. The fourth-order valence-electron chi connectivity index (χ4n) is 5.44. The average Bonchev–Trinajstić information content (AvgIpc) is 3.49. The molecule has 0 bridgehead atoms. The third-order valence-electron chi connectivity index (χ3n) is 7.31. The van der Waals surface area contributed by atoms with Crippen molar-refractivity contribution in [1.29, 1.82) is 0 Å². The van der Waals surface area contributed by atoms with Crippen molar-refractivity contribution in [3.8, 4) is 5.75 Å². The first-order valence-corrected chi connectivity index (χ1v) is 13.8. The summed E-state index contributed by atoms with van der Waals surface area (Å²) in [5, 5.41) is 8.96. The highest BCUT2D eigenvalue weighted by atomic mass is 32.2. The first-order chi connectivity index (χ1) is 16.5. The SMILES string of the molecule is COc1ccc(C(=O)N2CCC[C@@H](c3nnc4n3CCCCC4)C2)cc1S(=O)(=O)N1CCCC1. The zero-order valence-electron chi connectivity index (χ0n) is 19.8. The second-order valence-electron chi connectivity index (χ2n) is 9.50. The van der Waals surface area contributed by atoms with Gasteiger partial charge in [0, 0.05) is 50.6 Å². The Morgan fingerprint density at radius 1 is 1.00 bits per heavy atom. The summed E-state index contributed by atoms with van der Waals surface area (Å²) >= 11 is 0. The molecule has 1 atom stereocenters. The number of ether oxygens (including phenoxy) is 1. The van der Waals surface area contributed by atoms with Crippen LogP contribution in [0.5, 0.6) is 5.75 Å². The molecule has 2 aromatic rings. The molecule has 2 fully saturated rings. The number of carbonyl (C=O) groups excluding carboxylic acids is 1. The van der Waals surface area contributed by atoms with Crippen LogP contribution in [0.3, 0.4) is 0 Å². The Morgan fingerprint density at radius 3 is 2.59 bits per heavy atom. The van der Waals surface area contributed by atoms with Crippen molar-refractivity contribution in [2.45, 2.75) is 68.7 Å². The van der Waals surface area contributed by atoms with Gasteiger partial charge >= 0.3 is 0 Å². The van der Waals surface area contributed by atoms with Crippen molar-refractivity contribution in [1.82, 2.24) is 24.0 Å². The molecule has 1 aromatic heterocycles. The number of hydrogen-bond acceptors (Lipinski definition) is 6. The molecule has 9 nitrogen and oxygen atoms in total. The standard InChI is InChI=1S/C24H33N5O4S/c1-33-20-11-10-18(16-21(20)34(31,32)28-13-5-6-14-28)24(30)27-12-7-8-19(17-27)23-26-25-22-9-3-2-4-15-29(22)23/h10-11,16,19H,2-9,12-15,17H2,1H3/t19-/m1/s1. The van der Waals surface area contributed by atoms with E-state index in [1.54, 1.807) is 12.1 Å². The number of methoxy groups -OCH3 is 1. The number of nitrogens with zero attached hydrogens (tertiary/aromatic N) is 5. The summed E-state index contributed by atoms with van der Waals surface area (Å²) in [7, 11) is -2.26. The Labute approximate surface area is 201 Å². The molecule has 34 heavy (non-hydrogen) atoms. The zero-order chi connectivity index (χ0) is 23.7. The largest absolute Gasteiger partial charge is 0.495 e. The third kappa shape index (κ3) is 4.33. The predicted molar refractivity (Wildman–Crippen MR) is 126 cm³/mol. The number of fused-ring (bicyclic) bond motifs is 1. The second kappa shape index (κ2) is 9.65. The van der Waals surface area contributed by atoms with Crippen LogP contribution in [-0.2, 0) is 23.0 Å². The average molecular weight is 488 g/mol. The minimum atomic E-state index is -3.71. The number of sulfonamides is 1. The number of aryl methyl sites for hydroxylation is 1. The van der Waals surface area contributed by atoms with Crippen LogP contribution in [-0.4, -0.2) is 71.6 Å². The number of benzene rings is 1. The van der Waals surface area contributed by atoms with Gasteiger partial charge in [0.25, 0.3) is 5.91 Å². The van der Waals surface area contributed by atoms with Gasteiger partial charge in [-0.05, 0) is 56.7 Å².